The van der Waals surface area contributed by atoms with Crippen LogP contribution in [0.3, 0.4) is 0 Å². The monoisotopic (exact) mass is 1150 g/mol. The number of benzene rings is 4. The van der Waals surface area contributed by atoms with E-state index in [0.29, 0.717) is 67.2 Å². The maximum Gasteiger partial charge on any atom is 0.387 e. The number of aromatic amines is 1. The number of hydrogen-bond acceptors (Lipinski definition) is 18. The Bertz CT molecular complexity index is 3650. The number of sulfone groups is 2. The van der Waals surface area contributed by atoms with Crippen LogP contribution in [0.4, 0.5) is 28.9 Å². The minimum Gasteiger partial charge on any atom is -0.435 e. The number of hydrogen-bond donors (Lipinski definition) is 1. The maximum absolute atomic E-state index is 12.6. The lowest BCUT2D eigenvalue weighted by molar-refractivity contribution is -0.0505. The summed E-state index contributed by atoms with van der Waals surface area (Å²) in [5.74, 6) is 1.24. The summed E-state index contributed by atoms with van der Waals surface area (Å²) in [5, 5.41) is 17.6. The van der Waals surface area contributed by atoms with Crippen molar-refractivity contribution in [3.8, 4) is 57.4 Å². The van der Waals surface area contributed by atoms with Crippen LogP contribution >= 0.6 is 11.6 Å². The first-order valence-corrected chi connectivity index (χ1v) is 28.8. The third-order valence-electron chi connectivity index (χ3n) is 12.6. The second kappa shape index (κ2) is 25.7. The quantitative estimate of drug-likeness (QED) is 0.0750. The molecule has 0 radical (unpaired) electrons. The second-order valence-electron chi connectivity index (χ2n) is 18.2. The van der Waals surface area contributed by atoms with Crippen molar-refractivity contribution < 1.29 is 52.9 Å². The van der Waals surface area contributed by atoms with Gasteiger partial charge in [-0.25, -0.2) is 26.6 Å². The normalized spacial score (nSPS) is 14.3. The summed E-state index contributed by atoms with van der Waals surface area (Å²) < 4.78 is 116. The van der Waals surface area contributed by atoms with Crippen LogP contribution in [0.2, 0.25) is 0 Å². The Labute approximate surface area is 454 Å². The van der Waals surface area contributed by atoms with Crippen molar-refractivity contribution in [1.82, 2.24) is 40.3 Å². The SMILES string of the molecule is CS(=O)(=O)C1CCN(c2cccc(CCl)c2)CC1.CS(=O)(=O)C1CCN(c2cccc(Cn3nc(-c4nc(-c5ccc(OC(F)F)cc5)no4)ccc3=O)c2)CC1.O=c1ccc(-c2nc(-c3ccc(OC(F)F)cc3)no2)n[nH]1. The zero-order valence-corrected chi connectivity index (χ0v) is 44.6. The summed E-state index contributed by atoms with van der Waals surface area (Å²) in [6.45, 7) is -2.74. The van der Waals surface area contributed by atoms with Crippen molar-refractivity contribution in [2.75, 3.05) is 48.5 Å². The fraction of sp³-hybridized carbons (Fsp3) is 0.308. The topological polar surface area (TPSA) is 252 Å². The van der Waals surface area contributed by atoms with Gasteiger partial charge in [-0.05, 0) is 122 Å². The molecule has 4 aromatic carbocycles. The van der Waals surface area contributed by atoms with E-state index in [-0.39, 0.29) is 63.1 Å². The molecule has 0 atom stereocenters. The van der Waals surface area contributed by atoms with Crippen LogP contribution in [0.1, 0.15) is 36.8 Å². The Morgan fingerprint density at radius 2 is 1.08 bits per heavy atom. The van der Waals surface area contributed by atoms with Crippen molar-refractivity contribution >= 4 is 42.7 Å². The first-order valence-electron chi connectivity index (χ1n) is 24.3. The molecule has 20 nitrogen and oxygen atoms in total. The molecule has 0 saturated carbocycles. The van der Waals surface area contributed by atoms with Gasteiger partial charge in [-0.1, -0.05) is 34.6 Å². The number of aromatic nitrogens is 8. The predicted octanol–water partition coefficient (Wildman–Crippen LogP) is 8.15. The number of nitrogens with one attached hydrogen (secondary N) is 1. The minimum absolute atomic E-state index is 0.00802. The van der Waals surface area contributed by atoms with Crippen LogP contribution in [-0.2, 0) is 32.1 Å². The average molecular weight is 1150 g/mol. The van der Waals surface area contributed by atoms with Crippen molar-refractivity contribution in [1.29, 1.82) is 0 Å². The fourth-order valence-electron chi connectivity index (χ4n) is 8.55. The van der Waals surface area contributed by atoms with Crippen LogP contribution in [0.5, 0.6) is 11.5 Å². The van der Waals surface area contributed by atoms with Gasteiger partial charge in [0.15, 0.2) is 0 Å². The molecule has 10 rings (SSSR count). The van der Waals surface area contributed by atoms with Crippen LogP contribution in [0, 0.1) is 0 Å². The predicted molar refractivity (Wildman–Crippen MR) is 286 cm³/mol. The third kappa shape index (κ3) is 15.8. The van der Waals surface area contributed by atoms with E-state index in [4.69, 9.17) is 20.6 Å². The summed E-state index contributed by atoms with van der Waals surface area (Å²) in [7, 11) is -5.94. The Hall–Kier alpha value is -7.97. The second-order valence-corrected chi connectivity index (χ2v) is 23.1. The van der Waals surface area contributed by atoms with E-state index in [1.165, 1.54) is 90.0 Å². The van der Waals surface area contributed by atoms with Gasteiger partial charge in [0.25, 0.3) is 22.9 Å². The van der Waals surface area contributed by atoms with E-state index in [9.17, 15) is 44.0 Å². The van der Waals surface area contributed by atoms with Crippen molar-refractivity contribution in [3.05, 3.63) is 153 Å². The third-order valence-corrected chi connectivity index (χ3v) is 16.3. The number of nitrogens with zero attached hydrogens (tertiary/aromatic N) is 9. The van der Waals surface area contributed by atoms with Gasteiger partial charge >= 0.3 is 13.2 Å². The summed E-state index contributed by atoms with van der Waals surface area (Å²) in [4.78, 5) is 36.3. The minimum atomic E-state index is -3.05. The number of H-pyrrole nitrogens is 1. The van der Waals surface area contributed by atoms with Gasteiger partial charge < -0.3 is 28.3 Å². The molecule has 2 saturated heterocycles. The van der Waals surface area contributed by atoms with Gasteiger partial charge in [0.05, 0.1) is 17.0 Å². The standard InChI is InChI=1S/C26H25F2N5O5S.C13H18ClNO2S.C13H8F2N4O3/c1-39(35,36)21-11-13-32(14-12-21)19-4-2-3-17(15-19)16-33-23(34)10-9-22(30-33)25-29-24(31-38-25)18-5-7-20(8-6-18)37-26(27)28;1-18(16,17)13-5-7-15(8-6-13)12-4-2-3-11(9-12)10-14;14-13(15)21-8-3-1-7(2-4-8)11-16-12(22-19-11)9-5-6-10(20)18-17-9/h2-10,15,21,26H,11-14,16H2,1H3;2-4,9,13H,5-8,10H2,1H3;1-6,13H,(H,18,20). The van der Waals surface area contributed by atoms with Gasteiger partial charge in [0.1, 0.15) is 42.6 Å². The lowest BCUT2D eigenvalue weighted by Crippen LogP contribution is -2.39. The number of halogens is 5. The first-order chi connectivity index (χ1) is 37.8. The zero-order valence-electron chi connectivity index (χ0n) is 42.2. The Morgan fingerprint density at radius 1 is 0.620 bits per heavy atom. The van der Waals surface area contributed by atoms with E-state index in [1.54, 1.807) is 0 Å². The number of alkyl halides is 5. The molecule has 1 N–H and O–H groups in total. The van der Waals surface area contributed by atoms with Gasteiger partial charge in [0, 0.05) is 79.2 Å². The molecule has 79 heavy (non-hydrogen) atoms. The number of rotatable bonds is 15. The summed E-state index contributed by atoms with van der Waals surface area (Å²) in [6.07, 6.45) is 5.20. The molecule has 2 aliphatic heterocycles. The van der Waals surface area contributed by atoms with E-state index in [1.807, 2.05) is 36.4 Å². The molecule has 0 amide bonds. The van der Waals surface area contributed by atoms with Gasteiger partial charge in [-0.3, -0.25) is 9.59 Å². The Morgan fingerprint density at radius 3 is 1.52 bits per heavy atom. The highest BCUT2D eigenvalue weighted by Gasteiger charge is 2.28. The summed E-state index contributed by atoms with van der Waals surface area (Å²) >= 11 is 5.82. The molecule has 8 aromatic rings. The zero-order chi connectivity index (χ0) is 56.3. The lowest BCUT2D eigenvalue weighted by Gasteiger charge is -2.33. The van der Waals surface area contributed by atoms with Gasteiger partial charge in [-0.2, -0.15) is 37.7 Å². The first kappa shape index (κ1) is 57.2. The van der Waals surface area contributed by atoms with Crippen LogP contribution in [0.15, 0.2) is 140 Å². The number of anilines is 2. The molecule has 2 fully saturated rings. The molecule has 2 aliphatic rings. The molecule has 0 bridgehead atoms. The Kier molecular flexibility index (Phi) is 18.6. The molecule has 4 aromatic heterocycles. The maximum atomic E-state index is 12.6. The average Bonchev–Trinajstić information content (AvgIpc) is 4.16. The van der Waals surface area contributed by atoms with Crippen molar-refractivity contribution in [2.45, 2.75) is 61.8 Å². The number of piperidine rings is 2. The van der Waals surface area contributed by atoms with E-state index >= 15 is 0 Å². The van der Waals surface area contributed by atoms with Crippen LogP contribution in [-0.4, -0.2) is 120 Å². The lowest BCUT2D eigenvalue weighted by atomic mass is 10.1. The molecule has 416 valence electrons. The molecule has 27 heteroatoms. The highest BCUT2D eigenvalue weighted by molar-refractivity contribution is 7.91. The fourth-order valence-corrected chi connectivity index (χ4v) is 10.8. The van der Waals surface area contributed by atoms with Crippen LogP contribution in [0.25, 0.3) is 45.9 Å². The molecular weight excluding hydrogens is 1100 g/mol. The highest BCUT2D eigenvalue weighted by Crippen LogP contribution is 2.28. The van der Waals surface area contributed by atoms with E-state index in [2.05, 4.69) is 67.0 Å². The summed E-state index contributed by atoms with van der Waals surface area (Å²) in [5.41, 5.74) is 5.07. The highest BCUT2D eigenvalue weighted by atomic mass is 35.5. The molecule has 0 aliphatic carbocycles. The van der Waals surface area contributed by atoms with E-state index in [0.717, 1.165) is 35.6 Å². The molecule has 0 spiro atoms. The van der Waals surface area contributed by atoms with Crippen LogP contribution < -0.4 is 30.4 Å². The molecular formula is C52H51ClF4N10O10S2. The molecule has 6 heterocycles. The Balaban J connectivity index is 0.000000173. The van der Waals surface area contributed by atoms with Crippen molar-refractivity contribution in [2.24, 2.45) is 0 Å². The smallest absolute Gasteiger partial charge is 0.387 e. The van der Waals surface area contributed by atoms with Crippen molar-refractivity contribution in [3.63, 3.8) is 0 Å². The largest absolute Gasteiger partial charge is 0.435 e. The van der Waals surface area contributed by atoms with Gasteiger partial charge in [0.2, 0.25) is 11.6 Å². The molecule has 0 unspecified atom stereocenters. The van der Waals surface area contributed by atoms with E-state index < -0.39 is 32.9 Å². The van der Waals surface area contributed by atoms with Gasteiger partial charge in [-0.15, -0.1) is 11.6 Å². The summed E-state index contributed by atoms with van der Waals surface area (Å²) in [6, 6.07) is 33.0. The number of ether oxygens (including phenoxy) is 2.